The number of ether oxygens (including phenoxy) is 2. The highest BCUT2D eigenvalue weighted by atomic mass is 79.9. The van der Waals surface area contributed by atoms with Gasteiger partial charge in [0.15, 0.2) is 11.5 Å². The molecular formula is C22H24BrNO2. The second-order valence-electron chi connectivity index (χ2n) is 7.26. The lowest BCUT2D eigenvalue weighted by Crippen LogP contribution is -2.29. The van der Waals surface area contributed by atoms with Gasteiger partial charge >= 0.3 is 0 Å². The first kappa shape index (κ1) is 17.5. The Labute approximate surface area is 163 Å². The summed E-state index contributed by atoms with van der Waals surface area (Å²) in [5.74, 6) is 2.46. The molecule has 136 valence electrons. The maximum Gasteiger partial charge on any atom is 0.174 e. The van der Waals surface area contributed by atoms with E-state index in [9.17, 15) is 0 Å². The van der Waals surface area contributed by atoms with Crippen molar-refractivity contribution in [1.82, 2.24) is 0 Å². The summed E-state index contributed by atoms with van der Waals surface area (Å²) in [5, 5.41) is 3.84. The van der Waals surface area contributed by atoms with E-state index in [-0.39, 0.29) is 6.04 Å². The van der Waals surface area contributed by atoms with Crippen LogP contribution in [0.15, 0.2) is 40.9 Å². The molecule has 4 heteroatoms. The molecule has 2 aromatic carbocycles. The lowest BCUT2D eigenvalue weighted by molar-refractivity contribution is 0.351. The third-order valence-corrected chi connectivity index (χ3v) is 6.21. The van der Waals surface area contributed by atoms with Gasteiger partial charge in [0.2, 0.25) is 0 Å². The highest BCUT2D eigenvalue weighted by Gasteiger charge is 2.39. The fourth-order valence-electron chi connectivity index (χ4n) is 4.52. The third kappa shape index (κ3) is 2.71. The maximum absolute atomic E-state index is 5.57. The van der Waals surface area contributed by atoms with Crippen LogP contribution in [-0.4, -0.2) is 14.2 Å². The van der Waals surface area contributed by atoms with Crippen molar-refractivity contribution < 1.29 is 9.47 Å². The zero-order valence-electron chi connectivity index (χ0n) is 15.6. The van der Waals surface area contributed by atoms with Gasteiger partial charge in [0, 0.05) is 11.6 Å². The SMILES string of the molecule is COc1cc([C@@H]2Nc3c(C)cc(C)cc3[C@@H]3C=CC[C@@H]32)cc(Br)c1OC. The highest BCUT2D eigenvalue weighted by Crippen LogP contribution is 2.52. The number of anilines is 1. The molecule has 0 fully saturated rings. The van der Waals surface area contributed by atoms with E-state index in [1.807, 2.05) is 0 Å². The Kier molecular flexibility index (Phi) is 4.47. The molecule has 0 saturated heterocycles. The van der Waals surface area contributed by atoms with Gasteiger partial charge in [0.25, 0.3) is 0 Å². The molecule has 1 aliphatic carbocycles. The fraction of sp³-hybridized carbons (Fsp3) is 0.364. The van der Waals surface area contributed by atoms with E-state index in [2.05, 4.69) is 71.5 Å². The largest absolute Gasteiger partial charge is 0.493 e. The number of methoxy groups -OCH3 is 2. The summed E-state index contributed by atoms with van der Waals surface area (Å²) in [4.78, 5) is 0. The van der Waals surface area contributed by atoms with Gasteiger partial charge in [0.1, 0.15) is 0 Å². The lowest BCUT2D eigenvalue weighted by Gasteiger charge is -2.38. The molecule has 0 aromatic heterocycles. The second-order valence-corrected chi connectivity index (χ2v) is 8.11. The smallest absolute Gasteiger partial charge is 0.174 e. The van der Waals surface area contributed by atoms with Crippen molar-refractivity contribution >= 4 is 21.6 Å². The van der Waals surface area contributed by atoms with E-state index < -0.39 is 0 Å². The van der Waals surface area contributed by atoms with Crippen molar-refractivity contribution in [2.45, 2.75) is 32.2 Å². The van der Waals surface area contributed by atoms with Crippen LogP contribution in [0.25, 0.3) is 0 Å². The van der Waals surface area contributed by atoms with E-state index in [0.717, 1.165) is 22.4 Å². The van der Waals surface area contributed by atoms with Crippen molar-refractivity contribution in [3.05, 3.63) is 63.1 Å². The van der Waals surface area contributed by atoms with Crippen LogP contribution in [0.3, 0.4) is 0 Å². The number of rotatable bonds is 3. The standard InChI is InChI=1S/C22H24BrNO2/c1-12-8-13(2)20-17(9-12)15-6-5-7-16(15)21(24-20)14-10-18(23)22(26-4)19(11-14)25-3/h5-6,8-11,15-16,21,24H,7H2,1-4H3/t15-,16+,21+/m1/s1. The van der Waals surface area contributed by atoms with Gasteiger partial charge in [-0.2, -0.15) is 0 Å². The molecule has 3 nitrogen and oxygen atoms in total. The van der Waals surface area contributed by atoms with Gasteiger partial charge in [-0.3, -0.25) is 0 Å². The lowest BCUT2D eigenvalue weighted by atomic mass is 9.76. The van der Waals surface area contributed by atoms with Gasteiger partial charge in [0.05, 0.1) is 24.7 Å². The molecule has 4 rings (SSSR count). The number of nitrogens with one attached hydrogen (secondary N) is 1. The number of hydrogen-bond donors (Lipinski definition) is 1. The summed E-state index contributed by atoms with van der Waals surface area (Å²) < 4.78 is 12.0. The summed E-state index contributed by atoms with van der Waals surface area (Å²) in [6.45, 7) is 4.37. The Morgan fingerprint density at radius 3 is 2.62 bits per heavy atom. The monoisotopic (exact) mass is 413 g/mol. The van der Waals surface area contributed by atoms with Gasteiger partial charge in [-0.25, -0.2) is 0 Å². The molecule has 0 radical (unpaired) electrons. The normalized spacial score (nSPS) is 23.2. The van der Waals surface area contributed by atoms with Crippen molar-refractivity contribution in [3.63, 3.8) is 0 Å². The van der Waals surface area contributed by atoms with Gasteiger partial charge in [-0.1, -0.05) is 29.8 Å². The number of hydrogen-bond acceptors (Lipinski definition) is 3. The Bertz CT molecular complexity index is 890. The summed E-state index contributed by atoms with van der Waals surface area (Å²) in [5.41, 5.74) is 6.56. The molecular weight excluding hydrogens is 390 g/mol. The minimum absolute atomic E-state index is 0.236. The summed E-state index contributed by atoms with van der Waals surface area (Å²) in [6, 6.07) is 9.09. The molecule has 0 bridgehead atoms. The first-order valence-electron chi connectivity index (χ1n) is 8.99. The Morgan fingerprint density at radius 2 is 1.88 bits per heavy atom. The minimum Gasteiger partial charge on any atom is -0.493 e. The quantitative estimate of drug-likeness (QED) is 0.634. The van der Waals surface area contributed by atoms with E-state index in [4.69, 9.17) is 9.47 Å². The summed E-state index contributed by atoms with van der Waals surface area (Å²) >= 11 is 3.65. The minimum atomic E-state index is 0.236. The van der Waals surface area contributed by atoms with E-state index in [1.165, 1.54) is 27.9 Å². The van der Waals surface area contributed by atoms with Crippen LogP contribution in [0.2, 0.25) is 0 Å². The number of halogens is 1. The van der Waals surface area contributed by atoms with Crippen molar-refractivity contribution in [2.24, 2.45) is 5.92 Å². The van der Waals surface area contributed by atoms with Gasteiger partial charge in [-0.15, -0.1) is 0 Å². The average Bonchev–Trinajstić information content (AvgIpc) is 3.10. The van der Waals surface area contributed by atoms with E-state index in [0.29, 0.717) is 11.8 Å². The van der Waals surface area contributed by atoms with Crippen molar-refractivity contribution in [3.8, 4) is 11.5 Å². The topological polar surface area (TPSA) is 30.5 Å². The molecule has 0 unspecified atom stereocenters. The molecule has 1 N–H and O–H groups in total. The maximum atomic E-state index is 5.57. The highest BCUT2D eigenvalue weighted by molar-refractivity contribution is 9.10. The molecule has 0 spiro atoms. The van der Waals surface area contributed by atoms with E-state index >= 15 is 0 Å². The molecule has 0 saturated carbocycles. The Morgan fingerprint density at radius 1 is 1.08 bits per heavy atom. The summed E-state index contributed by atoms with van der Waals surface area (Å²) in [6.07, 6.45) is 5.79. The third-order valence-electron chi connectivity index (χ3n) is 5.63. The van der Waals surface area contributed by atoms with Crippen molar-refractivity contribution in [1.29, 1.82) is 0 Å². The first-order valence-corrected chi connectivity index (χ1v) is 9.78. The van der Waals surface area contributed by atoms with Crippen LogP contribution in [-0.2, 0) is 0 Å². The molecule has 1 aliphatic heterocycles. The number of benzene rings is 2. The zero-order chi connectivity index (χ0) is 18.4. The van der Waals surface area contributed by atoms with Gasteiger partial charge < -0.3 is 14.8 Å². The summed E-state index contributed by atoms with van der Waals surface area (Å²) in [7, 11) is 3.35. The predicted molar refractivity (Wildman–Crippen MR) is 110 cm³/mol. The molecule has 3 atom stereocenters. The molecule has 1 heterocycles. The Hall–Kier alpha value is -1.94. The molecule has 2 aromatic rings. The predicted octanol–water partition coefficient (Wildman–Crippen LogP) is 5.91. The van der Waals surface area contributed by atoms with Crippen LogP contribution >= 0.6 is 15.9 Å². The first-order chi connectivity index (χ1) is 12.5. The fourth-order valence-corrected chi connectivity index (χ4v) is 5.14. The molecule has 26 heavy (non-hydrogen) atoms. The van der Waals surface area contributed by atoms with E-state index in [1.54, 1.807) is 14.2 Å². The van der Waals surface area contributed by atoms with Crippen LogP contribution < -0.4 is 14.8 Å². The number of allylic oxidation sites excluding steroid dienone is 2. The zero-order valence-corrected chi connectivity index (χ0v) is 17.2. The second kappa shape index (κ2) is 6.66. The van der Waals surface area contributed by atoms with Crippen LogP contribution in [0.1, 0.15) is 40.6 Å². The molecule has 0 amide bonds. The molecule has 2 aliphatic rings. The van der Waals surface area contributed by atoms with Crippen LogP contribution in [0.5, 0.6) is 11.5 Å². The Balaban J connectivity index is 1.82. The number of aryl methyl sites for hydroxylation is 2. The van der Waals surface area contributed by atoms with Crippen molar-refractivity contribution in [2.75, 3.05) is 19.5 Å². The van der Waals surface area contributed by atoms with Gasteiger partial charge in [-0.05, 0) is 70.9 Å². The number of fused-ring (bicyclic) bond motifs is 3. The average molecular weight is 414 g/mol. The van der Waals surface area contributed by atoms with Crippen LogP contribution in [0.4, 0.5) is 5.69 Å². The van der Waals surface area contributed by atoms with Crippen LogP contribution in [0, 0.1) is 19.8 Å².